The molecule has 3 N–H and O–H groups in total. The number of amides is 1. The minimum absolute atomic E-state index is 0.0721. The van der Waals surface area contributed by atoms with E-state index in [4.69, 9.17) is 4.74 Å². The third kappa shape index (κ3) is 8.40. The molecule has 244 valence electrons. The molecule has 0 bridgehead atoms. The van der Waals surface area contributed by atoms with E-state index in [1.807, 2.05) is 91.8 Å². The number of azo groups is 1. The van der Waals surface area contributed by atoms with Gasteiger partial charge >= 0.3 is 12.1 Å². The number of unbranched alkanes of at least 4 members (excludes halogenated alkanes) is 1. The number of carboxylic acids is 1. The van der Waals surface area contributed by atoms with Crippen LogP contribution in [0.25, 0.3) is 11.1 Å². The van der Waals surface area contributed by atoms with Crippen LogP contribution < -0.4 is 14.9 Å². The van der Waals surface area contributed by atoms with E-state index in [9.17, 15) is 23.1 Å². The predicted molar refractivity (Wildman–Crippen MR) is 180 cm³/mol. The zero-order valence-corrected chi connectivity index (χ0v) is 27.0. The number of nitrogens with zero attached hydrogens (tertiary/aromatic N) is 3. The van der Waals surface area contributed by atoms with Crippen LogP contribution in [0.4, 0.5) is 21.9 Å². The van der Waals surface area contributed by atoms with Crippen LogP contribution in [0.2, 0.25) is 0 Å². The van der Waals surface area contributed by atoms with Crippen LogP contribution in [0, 0.1) is 0 Å². The zero-order valence-electron chi connectivity index (χ0n) is 26.2. The molecule has 11 nitrogen and oxygen atoms in total. The second-order valence-corrected chi connectivity index (χ2v) is 13.1. The van der Waals surface area contributed by atoms with Gasteiger partial charge in [0.15, 0.2) is 0 Å². The smallest absolute Gasteiger partial charge is 0.407 e. The second kappa shape index (κ2) is 15.0. The normalized spacial score (nSPS) is 13.1. The number of hydrogen-bond donors (Lipinski definition) is 3. The first-order valence-electron chi connectivity index (χ1n) is 15.3. The number of alkyl carbamates (subject to hydrolysis) is 1. The summed E-state index contributed by atoms with van der Waals surface area (Å²) in [4.78, 5) is 26.5. The van der Waals surface area contributed by atoms with Crippen LogP contribution in [0.3, 0.4) is 0 Å². The Bertz CT molecular complexity index is 1800. The highest BCUT2D eigenvalue weighted by atomic mass is 32.2. The lowest BCUT2D eigenvalue weighted by atomic mass is 9.98. The number of rotatable bonds is 14. The first-order chi connectivity index (χ1) is 22.6. The largest absolute Gasteiger partial charge is 0.480 e. The maximum Gasteiger partial charge on any atom is 0.407 e. The molecular weight excluding hydrogens is 618 g/mol. The third-order valence-corrected chi connectivity index (χ3v) is 9.42. The molecule has 1 amide bonds. The van der Waals surface area contributed by atoms with Crippen molar-refractivity contribution in [2.75, 3.05) is 32.1 Å². The maximum atomic E-state index is 12.8. The highest BCUT2D eigenvalue weighted by Gasteiger charge is 2.29. The molecule has 0 fully saturated rings. The SMILES string of the molecule is CN(C)c1ccc(N=Nc2ccc(S(=O)(=O)NCCCC[C@H](NC(=O)OCC3c4ccccc4-c4ccccc43)C(=O)O)cc2)cc1. The van der Waals surface area contributed by atoms with Gasteiger partial charge in [-0.3, -0.25) is 0 Å². The lowest BCUT2D eigenvalue weighted by molar-refractivity contribution is -0.139. The fourth-order valence-electron chi connectivity index (χ4n) is 5.43. The number of carboxylic acid groups (broad SMARTS) is 1. The number of benzene rings is 4. The Balaban J connectivity index is 1.05. The van der Waals surface area contributed by atoms with E-state index >= 15 is 0 Å². The highest BCUT2D eigenvalue weighted by molar-refractivity contribution is 7.89. The monoisotopic (exact) mass is 655 g/mol. The Hall–Kier alpha value is -5.07. The van der Waals surface area contributed by atoms with E-state index in [-0.39, 0.29) is 30.4 Å². The molecule has 12 heteroatoms. The Morgan fingerprint density at radius 1 is 0.830 bits per heavy atom. The molecule has 5 rings (SSSR count). The number of sulfonamides is 1. The predicted octanol–water partition coefficient (Wildman–Crippen LogP) is 6.61. The van der Waals surface area contributed by atoms with Gasteiger partial charge in [0.05, 0.1) is 16.3 Å². The van der Waals surface area contributed by atoms with E-state index in [0.717, 1.165) is 27.9 Å². The number of hydrogen-bond acceptors (Lipinski definition) is 8. The third-order valence-electron chi connectivity index (χ3n) is 7.94. The first kappa shape index (κ1) is 33.3. The van der Waals surface area contributed by atoms with Crippen molar-refractivity contribution in [3.8, 4) is 11.1 Å². The molecule has 0 unspecified atom stereocenters. The molecular formula is C35H37N5O6S. The summed E-state index contributed by atoms with van der Waals surface area (Å²) in [5.74, 6) is -1.34. The molecule has 1 atom stereocenters. The van der Waals surface area contributed by atoms with Crippen molar-refractivity contribution in [1.82, 2.24) is 10.0 Å². The van der Waals surface area contributed by atoms with Crippen molar-refractivity contribution < 1.29 is 27.9 Å². The van der Waals surface area contributed by atoms with Crippen LogP contribution in [0.1, 0.15) is 36.3 Å². The van der Waals surface area contributed by atoms with Gasteiger partial charge < -0.3 is 20.1 Å². The summed E-state index contributed by atoms with van der Waals surface area (Å²) in [6.45, 7) is 0.173. The lowest BCUT2D eigenvalue weighted by Crippen LogP contribution is -2.41. The van der Waals surface area contributed by atoms with E-state index in [2.05, 4.69) is 20.3 Å². The fourth-order valence-corrected chi connectivity index (χ4v) is 6.50. The summed E-state index contributed by atoms with van der Waals surface area (Å²) < 4.78 is 33.5. The van der Waals surface area contributed by atoms with Gasteiger partial charge in [0.25, 0.3) is 0 Å². The van der Waals surface area contributed by atoms with Crippen molar-refractivity contribution in [2.24, 2.45) is 10.2 Å². The average Bonchev–Trinajstić information content (AvgIpc) is 3.39. The Labute approximate surface area is 274 Å². The number of ether oxygens (including phenoxy) is 1. The summed E-state index contributed by atoms with van der Waals surface area (Å²) in [6, 6.07) is 28.3. The van der Waals surface area contributed by atoms with Gasteiger partial charge in [-0.1, -0.05) is 48.5 Å². The van der Waals surface area contributed by atoms with Crippen LogP contribution in [-0.2, 0) is 19.6 Å². The molecule has 0 saturated carbocycles. The summed E-state index contributed by atoms with van der Waals surface area (Å²) in [7, 11) is 0.115. The number of aliphatic carboxylic acids is 1. The summed E-state index contributed by atoms with van der Waals surface area (Å²) in [5.41, 5.74) is 6.52. The summed E-state index contributed by atoms with van der Waals surface area (Å²) in [6.07, 6.45) is 0.0237. The summed E-state index contributed by atoms with van der Waals surface area (Å²) >= 11 is 0. The number of anilines is 1. The molecule has 1 aliphatic carbocycles. The van der Waals surface area contributed by atoms with Gasteiger partial charge in [-0.25, -0.2) is 22.7 Å². The molecule has 0 heterocycles. The molecule has 0 aromatic heterocycles. The Morgan fingerprint density at radius 3 is 1.94 bits per heavy atom. The van der Waals surface area contributed by atoms with Crippen LogP contribution in [0.5, 0.6) is 0 Å². The topological polar surface area (TPSA) is 150 Å². The van der Waals surface area contributed by atoms with Crippen molar-refractivity contribution in [1.29, 1.82) is 0 Å². The van der Waals surface area contributed by atoms with Crippen molar-refractivity contribution >= 4 is 39.1 Å². The summed E-state index contributed by atoms with van der Waals surface area (Å²) in [5, 5.41) is 20.5. The lowest BCUT2D eigenvalue weighted by Gasteiger charge is -2.17. The van der Waals surface area contributed by atoms with E-state index < -0.39 is 28.1 Å². The molecule has 1 aliphatic rings. The number of carbonyl (C=O) groups excluding carboxylic acids is 1. The van der Waals surface area contributed by atoms with Crippen LogP contribution in [-0.4, -0.2) is 58.9 Å². The quantitative estimate of drug-likeness (QED) is 0.102. The van der Waals surface area contributed by atoms with Crippen LogP contribution >= 0.6 is 0 Å². The Morgan fingerprint density at radius 2 is 1.38 bits per heavy atom. The molecule has 0 saturated heterocycles. The van der Waals surface area contributed by atoms with Crippen molar-refractivity contribution in [3.63, 3.8) is 0 Å². The standard InChI is InChI=1S/C35H37N5O6S/c1-40(2)26-18-14-24(15-19-26)38-39-25-16-20-27(21-17-25)47(44,45)36-22-8-7-13-33(34(41)42)37-35(43)46-23-32-30-11-5-3-9-28(30)29-10-4-6-12-31(29)32/h3-6,9-12,14-21,32-33,36H,7-8,13,22-23H2,1-2H3,(H,37,43)(H,41,42)/t33-/m0/s1. The number of fused-ring (bicyclic) bond motifs is 3. The highest BCUT2D eigenvalue weighted by Crippen LogP contribution is 2.44. The average molecular weight is 656 g/mol. The molecule has 4 aromatic rings. The molecule has 0 aliphatic heterocycles. The Kier molecular flexibility index (Phi) is 10.6. The molecule has 47 heavy (non-hydrogen) atoms. The fraction of sp³-hybridized carbons (Fsp3) is 0.257. The molecule has 4 aromatic carbocycles. The maximum absolute atomic E-state index is 12.8. The van der Waals surface area contributed by atoms with Gasteiger partial charge in [-0.05, 0) is 90.0 Å². The number of nitrogens with one attached hydrogen (secondary N) is 2. The molecule has 0 spiro atoms. The molecule has 0 radical (unpaired) electrons. The van der Waals surface area contributed by atoms with Crippen LogP contribution in [0.15, 0.2) is 112 Å². The minimum Gasteiger partial charge on any atom is -0.480 e. The van der Waals surface area contributed by atoms with Crippen molar-refractivity contribution in [2.45, 2.75) is 36.1 Å². The number of carbonyl (C=O) groups is 2. The van der Waals surface area contributed by atoms with Gasteiger partial charge in [0, 0.05) is 32.2 Å². The van der Waals surface area contributed by atoms with E-state index in [1.54, 1.807) is 12.1 Å². The van der Waals surface area contributed by atoms with Gasteiger partial charge in [-0.2, -0.15) is 10.2 Å². The minimum atomic E-state index is -3.78. The van der Waals surface area contributed by atoms with Gasteiger partial charge in [0.1, 0.15) is 12.6 Å². The van der Waals surface area contributed by atoms with Gasteiger partial charge in [0.2, 0.25) is 10.0 Å². The van der Waals surface area contributed by atoms with E-state index in [0.29, 0.717) is 24.2 Å². The van der Waals surface area contributed by atoms with Crippen molar-refractivity contribution in [3.05, 3.63) is 108 Å². The van der Waals surface area contributed by atoms with E-state index in [1.165, 1.54) is 12.1 Å². The first-order valence-corrected chi connectivity index (χ1v) is 16.7. The van der Waals surface area contributed by atoms with Gasteiger partial charge in [-0.15, -0.1) is 0 Å². The second-order valence-electron chi connectivity index (χ2n) is 11.4. The zero-order chi connectivity index (χ0) is 33.4.